The third-order valence-corrected chi connectivity index (χ3v) is 3.03. The van der Waals surface area contributed by atoms with Crippen LogP contribution >= 0.6 is 0 Å². The van der Waals surface area contributed by atoms with E-state index in [0.29, 0.717) is 10.8 Å². The predicted octanol–water partition coefficient (Wildman–Crippen LogP) is 3.02. The maximum absolute atomic E-state index is 13.8. The van der Waals surface area contributed by atoms with Crippen molar-refractivity contribution < 1.29 is 8.78 Å². The topological polar surface area (TPSA) is 9.34 Å². The van der Waals surface area contributed by atoms with E-state index in [0.717, 1.165) is 17.4 Å². The fourth-order valence-electron chi connectivity index (χ4n) is 2.26. The lowest BCUT2D eigenvalue weighted by molar-refractivity contribution is 0.592. The SMILES string of the molecule is Cc1c2cc(F)cc(F)c2c2n(C)ccn12. The number of hydrogen-bond donors (Lipinski definition) is 0. The first-order valence-corrected chi connectivity index (χ1v) is 5.00. The Kier molecular flexibility index (Phi) is 1.67. The molecule has 3 rings (SSSR count). The summed E-state index contributed by atoms with van der Waals surface area (Å²) >= 11 is 0. The summed E-state index contributed by atoms with van der Waals surface area (Å²) in [5, 5.41) is 1.11. The van der Waals surface area contributed by atoms with Gasteiger partial charge in [0.25, 0.3) is 0 Å². The number of rotatable bonds is 0. The van der Waals surface area contributed by atoms with Gasteiger partial charge in [0.1, 0.15) is 17.3 Å². The van der Waals surface area contributed by atoms with Crippen molar-refractivity contribution in [3.8, 4) is 0 Å². The first-order chi connectivity index (χ1) is 7.59. The summed E-state index contributed by atoms with van der Waals surface area (Å²) in [5.41, 5.74) is 1.61. The number of fused-ring (bicyclic) bond motifs is 3. The quantitative estimate of drug-likeness (QED) is 0.551. The molecule has 2 nitrogen and oxygen atoms in total. The van der Waals surface area contributed by atoms with Crippen molar-refractivity contribution in [2.75, 3.05) is 0 Å². The molecular weight excluding hydrogens is 210 g/mol. The molecule has 0 bridgehead atoms. The van der Waals surface area contributed by atoms with Gasteiger partial charge in [0, 0.05) is 36.6 Å². The number of hydrogen-bond acceptors (Lipinski definition) is 0. The Morgan fingerprint density at radius 3 is 2.62 bits per heavy atom. The number of aromatic nitrogens is 2. The fraction of sp³-hybridized carbons (Fsp3) is 0.167. The van der Waals surface area contributed by atoms with Gasteiger partial charge in [-0.25, -0.2) is 8.78 Å². The molecule has 0 N–H and O–H groups in total. The van der Waals surface area contributed by atoms with Crippen molar-refractivity contribution in [3.05, 3.63) is 41.9 Å². The Hall–Kier alpha value is -1.84. The lowest BCUT2D eigenvalue weighted by atomic mass is 10.1. The van der Waals surface area contributed by atoms with E-state index in [2.05, 4.69) is 0 Å². The van der Waals surface area contributed by atoms with Crippen LogP contribution in [-0.4, -0.2) is 8.97 Å². The van der Waals surface area contributed by atoms with Crippen LogP contribution in [0.5, 0.6) is 0 Å². The van der Waals surface area contributed by atoms with E-state index in [9.17, 15) is 8.78 Å². The van der Waals surface area contributed by atoms with E-state index in [4.69, 9.17) is 0 Å². The minimum atomic E-state index is -0.538. The van der Waals surface area contributed by atoms with Gasteiger partial charge in [-0.2, -0.15) is 0 Å². The van der Waals surface area contributed by atoms with E-state index in [1.54, 1.807) is 0 Å². The zero-order valence-corrected chi connectivity index (χ0v) is 8.96. The summed E-state index contributed by atoms with van der Waals surface area (Å²) in [6, 6.07) is 2.30. The highest BCUT2D eigenvalue weighted by molar-refractivity contribution is 5.98. The second-order valence-corrected chi connectivity index (χ2v) is 4.00. The molecule has 0 aliphatic heterocycles. The molecule has 0 atom stereocenters. The van der Waals surface area contributed by atoms with Crippen molar-refractivity contribution >= 4 is 16.4 Å². The molecule has 0 radical (unpaired) electrons. The summed E-state index contributed by atoms with van der Waals surface area (Å²) in [4.78, 5) is 0. The van der Waals surface area contributed by atoms with Crippen LogP contribution in [0.1, 0.15) is 5.69 Å². The van der Waals surface area contributed by atoms with Crippen LogP contribution in [0.4, 0.5) is 8.78 Å². The zero-order chi connectivity index (χ0) is 11.4. The van der Waals surface area contributed by atoms with Crippen molar-refractivity contribution in [2.45, 2.75) is 6.92 Å². The van der Waals surface area contributed by atoms with Crippen LogP contribution in [0.25, 0.3) is 16.4 Å². The molecule has 0 fully saturated rings. The van der Waals surface area contributed by atoms with Crippen molar-refractivity contribution in [3.63, 3.8) is 0 Å². The van der Waals surface area contributed by atoms with E-state index in [1.807, 2.05) is 35.3 Å². The molecule has 0 saturated heterocycles. The average Bonchev–Trinajstić information content (AvgIpc) is 2.70. The Labute approximate surface area is 90.7 Å². The smallest absolute Gasteiger partial charge is 0.137 e. The summed E-state index contributed by atoms with van der Waals surface area (Å²) in [6.07, 6.45) is 3.70. The number of aryl methyl sites for hydroxylation is 2. The molecule has 1 aromatic carbocycles. The standard InChI is InChI=1S/C12H10F2N2/c1-7-9-5-8(13)6-10(14)11(9)12-15(2)3-4-16(7)12/h3-6H,1-2H3. The molecule has 82 valence electrons. The van der Waals surface area contributed by atoms with Crippen molar-refractivity contribution in [2.24, 2.45) is 7.05 Å². The largest absolute Gasteiger partial charge is 0.335 e. The summed E-state index contributed by atoms with van der Waals surface area (Å²) in [5.74, 6) is -1.05. The minimum absolute atomic E-state index is 0.478. The Balaban J connectivity index is 2.68. The van der Waals surface area contributed by atoms with Crippen LogP contribution in [0.3, 0.4) is 0 Å². The van der Waals surface area contributed by atoms with Gasteiger partial charge in [-0.05, 0) is 13.0 Å². The monoisotopic (exact) mass is 220 g/mol. The summed E-state index contributed by atoms with van der Waals surface area (Å²) in [6.45, 7) is 1.86. The van der Waals surface area contributed by atoms with E-state index >= 15 is 0 Å². The van der Waals surface area contributed by atoms with E-state index < -0.39 is 11.6 Å². The zero-order valence-electron chi connectivity index (χ0n) is 8.96. The molecule has 2 heterocycles. The van der Waals surface area contributed by atoms with Gasteiger partial charge in [0.05, 0.1) is 5.39 Å². The second-order valence-electron chi connectivity index (χ2n) is 4.00. The van der Waals surface area contributed by atoms with Crippen LogP contribution in [0, 0.1) is 18.6 Å². The third-order valence-electron chi connectivity index (χ3n) is 3.03. The lowest BCUT2D eigenvalue weighted by Gasteiger charge is -1.96. The van der Waals surface area contributed by atoms with Gasteiger partial charge in [0.2, 0.25) is 0 Å². The fourth-order valence-corrected chi connectivity index (χ4v) is 2.26. The highest BCUT2D eigenvalue weighted by atomic mass is 19.1. The van der Waals surface area contributed by atoms with Crippen LogP contribution in [0.15, 0.2) is 24.5 Å². The van der Waals surface area contributed by atoms with Gasteiger partial charge in [-0.3, -0.25) is 0 Å². The first kappa shape index (κ1) is 9.39. The molecule has 0 aliphatic rings. The van der Waals surface area contributed by atoms with Crippen LogP contribution < -0.4 is 0 Å². The van der Waals surface area contributed by atoms with E-state index in [1.165, 1.54) is 6.07 Å². The Bertz CT molecular complexity index is 707. The molecule has 0 aliphatic carbocycles. The second kappa shape index (κ2) is 2.84. The normalized spacial score (nSPS) is 11.8. The van der Waals surface area contributed by atoms with Gasteiger partial charge in [-0.1, -0.05) is 0 Å². The lowest BCUT2D eigenvalue weighted by Crippen LogP contribution is -1.87. The highest BCUT2D eigenvalue weighted by Gasteiger charge is 2.15. The molecule has 0 amide bonds. The van der Waals surface area contributed by atoms with E-state index in [-0.39, 0.29) is 0 Å². The van der Waals surface area contributed by atoms with Gasteiger partial charge < -0.3 is 8.97 Å². The van der Waals surface area contributed by atoms with Gasteiger partial charge in [0.15, 0.2) is 0 Å². The number of halogens is 2. The summed E-state index contributed by atoms with van der Waals surface area (Å²) in [7, 11) is 1.84. The third kappa shape index (κ3) is 0.988. The average molecular weight is 220 g/mol. The molecule has 0 spiro atoms. The maximum atomic E-state index is 13.8. The molecule has 4 heteroatoms. The maximum Gasteiger partial charge on any atom is 0.137 e. The van der Waals surface area contributed by atoms with Gasteiger partial charge >= 0.3 is 0 Å². The van der Waals surface area contributed by atoms with Crippen molar-refractivity contribution in [1.29, 1.82) is 0 Å². The van der Waals surface area contributed by atoms with Crippen molar-refractivity contribution in [1.82, 2.24) is 8.97 Å². The number of imidazole rings is 1. The Morgan fingerprint density at radius 1 is 1.12 bits per heavy atom. The minimum Gasteiger partial charge on any atom is -0.335 e. The van der Waals surface area contributed by atoms with Crippen LogP contribution in [0.2, 0.25) is 0 Å². The molecular formula is C12H10F2N2. The number of nitrogens with zero attached hydrogens (tertiary/aromatic N) is 2. The summed E-state index contributed by atoms with van der Waals surface area (Å²) < 4.78 is 30.6. The van der Waals surface area contributed by atoms with Gasteiger partial charge in [-0.15, -0.1) is 0 Å². The first-order valence-electron chi connectivity index (χ1n) is 5.00. The highest BCUT2D eigenvalue weighted by Crippen LogP contribution is 2.29. The van der Waals surface area contributed by atoms with Crippen LogP contribution in [-0.2, 0) is 7.05 Å². The molecule has 16 heavy (non-hydrogen) atoms. The molecule has 2 aromatic heterocycles. The molecule has 0 unspecified atom stereocenters. The predicted molar refractivity (Wildman–Crippen MR) is 58.5 cm³/mol. The number of benzene rings is 1. The Morgan fingerprint density at radius 2 is 1.88 bits per heavy atom. The molecule has 3 aromatic rings. The molecule has 0 saturated carbocycles.